The van der Waals surface area contributed by atoms with Gasteiger partial charge in [-0.25, -0.2) is 4.98 Å². The van der Waals surface area contributed by atoms with E-state index in [4.69, 9.17) is 0 Å². The van der Waals surface area contributed by atoms with E-state index >= 15 is 0 Å². The lowest BCUT2D eigenvalue weighted by Gasteiger charge is -2.24. The first-order valence-corrected chi connectivity index (χ1v) is 10.3. The number of aromatic nitrogens is 2. The third-order valence-corrected chi connectivity index (χ3v) is 6.60. The minimum Gasteiger partial charge on any atom is -0.383 e. The molecule has 0 radical (unpaired) electrons. The van der Waals surface area contributed by atoms with Crippen molar-refractivity contribution in [2.45, 2.75) is 38.8 Å². The number of hydrogen-bond acceptors (Lipinski definition) is 5. The van der Waals surface area contributed by atoms with Gasteiger partial charge in [0.15, 0.2) is 0 Å². The highest BCUT2D eigenvalue weighted by molar-refractivity contribution is 7.18. The van der Waals surface area contributed by atoms with E-state index in [9.17, 15) is 14.7 Å². The van der Waals surface area contributed by atoms with Crippen LogP contribution in [-0.4, -0.2) is 38.6 Å². The third kappa shape index (κ3) is 3.36. The van der Waals surface area contributed by atoms with E-state index in [1.54, 1.807) is 4.90 Å². The van der Waals surface area contributed by atoms with Crippen LogP contribution in [0.5, 0.6) is 0 Å². The fraction of sp³-hybridized carbons (Fsp3) is 0.381. The fourth-order valence-electron chi connectivity index (χ4n) is 3.65. The number of rotatable bonds is 4. The molecule has 0 spiro atoms. The van der Waals surface area contributed by atoms with Crippen molar-refractivity contribution in [2.24, 2.45) is 0 Å². The fourth-order valence-corrected chi connectivity index (χ4v) is 4.57. The number of hydrogen-bond donors (Lipinski definition) is 1. The van der Waals surface area contributed by atoms with Crippen LogP contribution in [-0.2, 0) is 23.4 Å². The van der Waals surface area contributed by atoms with Crippen LogP contribution in [0, 0.1) is 6.92 Å². The molecule has 0 bridgehead atoms. The molecule has 1 N–H and O–H groups in total. The zero-order chi connectivity index (χ0) is 19.9. The molecule has 146 valence electrons. The molecule has 1 saturated heterocycles. The molecule has 1 aliphatic heterocycles. The number of aryl methyl sites for hydroxylation is 2. The lowest BCUT2D eigenvalue weighted by atomic mass is 9.92. The normalized spacial score (nSPS) is 19.5. The highest BCUT2D eigenvalue weighted by atomic mass is 32.1. The van der Waals surface area contributed by atoms with Gasteiger partial charge < -0.3 is 10.0 Å². The van der Waals surface area contributed by atoms with Gasteiger partial charge in [0.2, 0.25) is 5.91 Å². The van der Waals surface area contributed by atoms with E-state index < -0.39 is 5.60 Å². The number of β-amino-alcohol motifs (C(OH)–C–C–N with tert-alkyl or cyclic N) is 1. The van der Waals surface area contributed by atoms with Crippen molar-refractivity contribution < 1.29 is 9.90 Å². The Morgan fingerprint density at radius 2 is 2.07 bits per heavy atom. The number of amides is 1. The van der Waals surface area contributed by atoms with Crippen LogP contribution in [0.2, 0.25) is 0 Å². The van der Waals surface area contributed by atoms with Crippen molar-refractivity contribution in [1.82, 2.24) is 14.5 Å². The van der Waals surface area contributed by atoms with Gasteiger partial charge in [0, 0.05) is 11.4 Å². The quantitative estimate of drug-likeness (QED) is 0.734. The van der Waals surface area contributed by atoms with Gasteiger partial charge in [0.25, 0.3) is 5.56 Å². The number of benzene rings is 1. The molecule has 28 heavy (non-hydrogen) atoms. The number of nitrogens with zero attached hydrogens (tertiary/aromatic N) is 3. The lowest BCUT2D eigenvalue weighted by molar-refractivity contribution is -0.131. The largest absolute Gasteiger partial charge is 0.383 e. The highest BCUT2D eigenvalue weighted by Gasteiger charge is 2.39. The monoisotopic (exact) mass is 397 g/mol. The maximum Gasteiger partial charge on any atom is 0.262 e. The van der Waals surface area contributed by atoms with Crippen LogP contribution in [0.3, 0.4) is 0 Å². The minimum atomic E-state index is -1.04. The molecule has 3 aromatic rings. The van der Waals surface area contributed by atoms with Crippen LogP contribution in [0.4, 0.5) is 0 Å². The predicted octanol–water partition coefficient (Wildman–Crippen LogP) is 2.45. The standard InChI is InChI=1S/C21H23N3O3S/c1-3-16-10-17-19(28-16)22-13-24(20(17)26)11-18(25)23-9-8-21(27,12-23)15-6-4-14(2)5-7-15/h4-7,10,13,27H,3,8-9,11-12H2,1-2H3/t21-/m0/s1. The number of carbonyl (C=O) groups is 1. The summed E-state index contributed by atoms with van der Waals surface area (Å²) in [4.78, 5) is 33.2. The summed E-state index contributed by atoms with van der Waals surface area (Å²) in [5, 5.41) is 11.6. The number of carbonyl (C=O) groups excluding carboxylic acids is 1. The number of thiophene rings is 1. The topological polar surface area (TPSA) is 75.4 Å². The molecule has 1 atom stereocenters. The van der Waals surface area contributed by atoms with Gasteiger partial charge in [0.1, 0.15) is 17.0 Å². The Morgan fingerprint density at radius 3 is 2.79 bits per heavy atom. The SMILES string of the molecule is CCc1cc2c(=O)n(CC(=O)N3CC[C@@](O)(c4ccc(C)cc4)C3)cnc2s1. The van der Waals surface area contributed by atoms with Crippen LogP contribution >= 0.6 is 11.3 Å². The van der Waals surface area contributed by atoms with E-state index in [1.165, 1.54) is 22.2 Å². The molecule has 6 nitrogen and oxygen atoms in total. The van der Waals surface area contributed by atoms with Gasteiger partial charge in [-0.1, -0.05) is 36.8 Å². The number of fused-ring (bicyclic) bond motifs is 1. The summed E-state index contributed by atoms with van der Waals surface area (Å²) in [6.45, 7) is 4.67. The van der Waals surface area contributed by atoms with Gasteiger partial charge in [-0.15, -0.1) is 11.3 Å². The summed E-state index contributed by atoms with van der Waals surface area (Å²) in [7, 11) is 0. The van der Waals surface area contributed by atoms with Crippen molar-refractivity contribution in [3.8, 4) is 0 Å². The van der Waals surface area contributed by atoms with Crippen molar-refractivity contribution >= 4 is 27.5 Å². The first kappa shape index (κ1) is 18.8. The summed E-state index contributed by atoms with van der Waals surface area (Å²) in [6.07, 6.45) is 2.78. The van der Waals surface area contributed by atoms with Crippen LogP contribution < -0.4 is 5.56 Å². The Morgan fingerprint density at radius 1 is 1.32 bits per heavy atom. The van der Waals surface area contributed by atoms with E-state index in [-0.39, 0.29) is 24.6 Å². The smallest absolute Gasteiger partial charge is 0.262 e. The summed E-state index contributed by atoms with van der Waals surface area (Å²) in [5.41, 5.74) is 0.710. The van der Waals surface area contributed by atoms with Crippen LogP contribution in [0.25, 0.3) is 10.2 Å². The van der Waals surface area contributed by atoms with Crippen LogP contribution in [0.15, 0.2) is 41.5 Å². The molecule has 7 heteroatoms. The van der Waals surface area contributed by atoms with Gasteiger partial charge >= 0.3 is 0 Å². The van der Waals surface area contributed by atoms with Gasteiger partial charge in [-0.2, -0.15) is 0 Å². The molecule has 0 saturated carbocycles. The van der Waals surface area contributed by atoms with E-state index in [1.807, 2.05) is 44.2 Å². The van der Waals surface area contributed by atoms with Crippen molar-refractivity contribution in [3.63, 3.8) is 0 Å². The summed E-state index contributed by atoms with van der Waals surface area (Å²) in [6, 6.07) is 9.61. The molecular weight excluding hydrogens is 374 g/mol. The maximum atomic E-state index is 12.8. The van der Waals surface area contributed by atoms with Gasteiger partial charge in [-0.3, -0.25) is 14.2 Å². The second-order valence-corrected chi connectivity index (χ2v) is 8.54. The van der Waals surface area contributed by atoms with E-state index in [0.717, 1.165) is 22.4 Å². The molecule has 1 fully saturated rings. The minimum absolute atomic E-state index is 0.0664. The lowest BCUT2D eigenvalue weighted by Crippen LogP contribution is -2.38. The summed E-state index contributed by atoms with van der Waals surface area (Å²) < 4.78 is 1.36. The summed E-state index contributed by atoms with van der Waals surface area (Å²) >= 11 is 1.51. The van der Waals surface area contributed by atoms with Crippen molar-refractivity contribution in [1.29, 1.82) is 0 Å². The molecule has 1 aromatic carbocycles. The zero-order valence-electron chi connectivity index (χ0n) is 16.0. The average molecular weight is 398 g/mol. The third-order valence-electron chi connectivity index (χ3n) is 5.41. The Hall–Kier alpha value is -2.51. The second kappa shape index (κ2) is 7.14. The second-order valence-electron chi connectivity index (χ2n) is 7.43. The zero-order valence-corrected chi connectivity index (χ0v) is 16.8. The molecule has 4 rings (SSSR count). The Bertz CT molecular complexity index is 1090. The molecular formula is C21H23N3O3S. The van der Waals surface area contributed by atoms with Crippen molar-refractivity contribution in [3.05, 3.63) is 63.0 Å². The molecule has 1 amide bonds. The van der Waals surface area contributed by atoms with Crippen molar-refractivity contribution in [2.75, 3.05) is 13.1 Å². The molecule has 0 aliphatic carbocycles. The first-order valence-electron chi connectivity index (χ1n) is 9.45. The number of likely N-dealkylation sites (tertiary alicyclic amines) is 1. The van der Waals surface area contributed by atoms with Gasteiger partial charge in [0.05, 0.1) is 18.3 Å². The van der Waals surface area contributed by atoms with E-state index in [0.29, 0.717) is 23.2 Å². The highest BCUT2D eigenvalue weighted by Crippen LogP contribution is 2.32. The first-order chi connectivity index (χ1) is 13.4. The Balaban J connectivity index is 1.51. The van der Waals surface area contributed by atoms with Crippen LogP contribution in [0.1, 0.15) is 29.3 Å². The number of aliphatic hydroxyl groups is 1. The molecule has 2 aromatic heterocycles. The maximum absolute atomic E-state index is 12.8. The Labute approximate surface area is 167 Å². The van der Waals surface area contributed by atoms with E-state index in [2.05, 4.69) is 4.98 Å². The molecule has 3 heterocycles. The molecule has 1 aliphatic rings. The predicted molar refractivity (Wildman–Crippen MR) is 110 cm³/mol. The summed E-state index contributed by atoms with van der Waals surface area (Å²) in [5.74, 6) is -0.183. The average Bonchev–Trinajstić information content (AvgIpc) is 3.29. The van der Waals surface area contributed by atoms with Gasteiger partial charge in [-0.05, 0) is 31.4 Å². The Kier molecular flexibility index (Phi) is 4.81. The molecule has 0 unspecified atom stereocenters.